The Morgan fingerprint density at radius 3 is 2.52 bits per heavy atom. The molecule has 0 saturated heterocycles. The van der Waals surface area contributed by atoms with E-state index in [1.165, 1.54) is 0 Å². The van der Waals surface area contributed by atoms with Crippen molar-refractivity contribution in [3.8, 4) is 0 Å². The predicted octanol–water partition coefficient (Wildman–Crippen LogP) is 1.90. The summed E-state index contributed by atoms with van der Waals surface area (Å²) in [6.07, 6.45) is 0.361. The van der Waals surface area contributed by atoms with Crippen molar-refractivity contribution in [2.45, 2.75) is 33.2 Å². The van der Waals surface area contributed by atoms with Crippen LogP contribution >= 0.6 is 0 Å². The number of aromatic nitrogens is 1. The molecule has 0 amide bonds. The molecule has 0 aliphatic heterocycles. The maximum absolute atomic E-state index is 11.0. The lowest BCUT2D eigenvalue weighted by Gasteiger charge is -2.31. The van der Waals surface area contributed by atoms with Gasteiger partial charge in [-0.25, -0.2) is 9.78 Å². The number of nitro groups is 1. The number of anilines is 1. The highest BCUT2D eigenvalue weighted by atomic mass is 16.6. The largest absolute Gasteiger partial charge is 0.477 e. The Balaban J connectivity index is 3.21. The summed E-state index contributed by atoms with van der Waals surface area (Å²) in [5.74, 6) is -1.37. The molecule has 116 valence electrons. The van der Waals surface area contributed by atoms with Crippen LogP contribution in [0.2, 0.25) is 0 Å². The van der Waals surface area contributed by atoms with E-state index in [1.54, 1.807) is 0 Å². The maximum atomic E-state index is 11.0. The summed E-state index contributed by atoms with van der Waals surface area (Å²) < 4.78 is 0. The summed E-state index contributed by atoms with van der Waals surface area (Å²) in [6.45, 7) is 5.63. The number of aliphatic hydroxyl groups is 1. The Morgan fingerprint density at radius 1 is 1.48 bits per heavy atom. The van der Waals surface area contributed by atoms with Crippen LogP contribution in [0, 0.1) is 15.5 Å². The van der Waals surface area contributed by atoms with Gasteiger partial charge in [0.1, 0.15) is 0 Å². The molecule has 0 aromatic carbocycles. The van der Waals surface area contributed by atoms with Gasteiger partial charge >= 0.3 is 11.7 Å². The molecule has 1 rings (SSSR count). The van der Waals surface area contributed by atoms with Crippen LogP contribution in [0.3, 0.4) is 0 Å². The number of hydrogen-bond donors (Lipinski definition) is 3. The van der Waals surface area contributed by atoms with Gasteiger partial charge in [0.2, 0.25) is 5.82 Å². The first kappa shape index (κ1) is 16.8. The number of carboxylic acids is 1. The Bertz CT molecular complexity index is 539. The SMILES string of the molecule is CC(C)(C)C(CCO)Nc1nc(C(=O)O)ccc1[N+](=O)[O-]. The van der Waals surface area contributed by atoms with Crippen molar-refractivity contribution >= 4 is 17.5 Å². The molecule has 21 heavy (non-hydrogen) atoms. The highest BCUT2D eigenvalue weighted by Gasteiger charge is 2.28. The van der Waals surface area contributed by atoms with E-state index in [9.17, 15) is 14.9 Å². The van der Waals surface area contributed by atoms with Gasteiger partial charge in [-0.05, 0) is 17.9 Å². The summed E-state index contributed by atoms with van der Waals surface area (Å²) in [4.78, 5) is 25.1. The van der Waals surface area contributed by atoms with Crippen LogP contribution in [0.25, 0.3) is 0 Å². The van der Waals surface area contributed by atoms with Crippen molar-refractivity contribution in [2.75, 3.05) is 11.9 Å². The fourth-order valence-electron chi connectivity index (χ4n) is 1.84. The summed E-state index contributed by atoms with van der Waals surface area (Å²) in [5.41, 5.74) is -0.871. The van der Waals surface area contributed by atoms with Crippen LogP contribution < -0.4 is 5.32 Å². The van der Waals surface area contributed by atoms with Crippen molar-refractivity contribution in [3.05, 3.63) is 27.9 Å². The average Bonchev–Trinajstić information content (AvgIpc) is 2.36. The smallest absolute Gasteiger partial charge is 0.354 e. The highest BCUT2D eigenvalue weighted by Crippen LogP contribution is 2.29. The van der Waals surface area contributed by atoms with Crippen molar-refractivity contribution in [1.82, 2.24) is 4.98 Å². The van der Waals surface area contributed by atoms with Crippen LogP contribution in [0.1, 0.15) is 37.7 Å². The van der Waals surface area contributed by atoms with Gasteiger partial charge in [0.05, 0.1) is 4.92 Å². The summed E-state index contributed by atoms with van der Waals surface area (Å²) in [5, 5.41) is 32.0. The van der Waals surface area contributed by atoms with Gasteiger partial charge in [0, 0.05) is 18.7 Å². The van der Waals surface area contributed by atoms with Crippen molar-refractivity contribution < 1.29 is 19.9 Å². The second kappa shape index (κ2) is 6.49. The third kappa shape index (κ3) is 4.38. The summed E-state index contributed by atoms with van der Waals surface area (Å²) in [7, 11) is 0. The number of rotatable bonds is 6. The Kier molecular flexibility index (Phi) is 5.20. The van der Waals surface area contributed by atoms with Crippen LogP contribution in [-0.2, 0) is 0 Å². The van der Waals surface area contributed by atoms with Gasteiger partial charge in [-0.2, -0.15) is 0 Å². The molecule has 1 unspecified atom stereocenters. The third-order valence-electron chi connectivity index (χ3n) is 3.06. The van der Waals surface area contributed by atoms with E-state index in [1.807, 2.05) is 20.8 Å². The van der Waals surface area contributed by atoms with Crippen molar-refractivity contribution in [2.24, 2.45) is 5.41 Å². The molecule has 0 spiro atoms. The molecular weight excluding hydrogens is 278 g/mol. The minimum Gasteiger partial charge on any atom is -0.477 e. The maximum Gasteiger partial charge on any atom is 0.354 e. The number of aromatic carboxylic acids is 1. The molecule has 0 aliphatic carbocycles. The lowest BCUT2D eigenvalue weighted by molar-refractivity contribution is -0.384. The van der Waals surface area contributed by atoms with Crippen LogP contribution in [0.5, 0.6) is 0 Å². The zero-order chi connectivity index (χ0) is 16.2. The number of carboxylic acid groups (broad SMARTS) is 1. The first-order valence-electron chi connectivity index (χ1n) is 6.43. The van der Waals surface area contributed by atoms with Crippen molar-refractivity contribution in [3.63, 3.8) is 0 Å². The van der Waals surface area contributed by atoms with Crippen LogP contribution in [-0.4, -0.2) is 38.7 Å². The molecule has 8 heteroatoms. The number of nitrogens with zero attached hydrogens (tertiary/aromatic N) is 2. The first-order valence-corrected chi connectivity index (χ1v) is 6.43. The lowest BCUT2D eigenvalue weighted by Crippen LogP contribution is -2.35. The van der Waals surface area contributed by atoms with Gasteiger partial charge < -0.3 is 15.5 Å². The normalized spacial score (nSPS) is 12.8. The Hall–Kier alpha value is -2.22. The second-order valence-corrected chi connectivity index (χ2v) is 5.70. The van der Waals surface area contributed by atoms with Crippen LogP contribution in [0.15, 0.2) is 12.1 Å². The van der Waals surface area contributed by atoms with Gasteiger partial charge in [-0.1, -0.05) is 20.8 Å². The van der Waals surface area contributed by atoms with E-state index in [0.717, 1.165) is 12.1 Å². The molecular formula is C13H19N3O5. The van der Waals surface area contributed by atoms with Crippen molar-refractivity contribution in [1.29, 1.82) is 0 Å². The van der Waals surface area contributed by atoms with E-state index in [4.69, 9.17) is 10.2 Å². The molecule has 1 atom stereocenters. The second-order valence-electron chi connectivity index (χ2n) is 5.70. The molecule has 1 heterocycles. The molecule has 8 nitrogen and oxygen atoms in total. The highest BCUT2D eigenvalue weighted by molar-refractivity contribution is 5.86. The van der Waals surface area contributed by atoms with Gasteiger partial charge in [-0.15, -0.1) is 0 Å². The minimum absolute atomic E-state index is 0.0959. The number of pyridine rings is 1. The molecule has 0 aliphatic rings. The minimum atomic E-state index is -1.26. The quantitative estimate of drug-likeness (QED) is 0.540. The molecule has 1 aromatic rings. The Morgan fingerprint density at radius 2 is 2.10 bits per heavy atom. The van der Waals surface area contributed by atoms with E-state index in [0.29, 0.717) is 6.42 Å². The number of aliphatic hydroxyl groups excluding tert-OH is 1. The zero-order valence-corrected chi connectivity index (χ0v) is 12.2. The fourth-order valence-corrected chi connectivity index (χ4v) is 1.84. The number of nitrogens with one attached hydrogen (secondary N) is 1. The molecule has 3 N–H and O–H groups in total. The first-order chi connectivity index (χ1) is 9.66. The predicted molar refractivity (Wildman–Crippen MR) is 76.4 cm³/mol. The third-order valence-corrected chi connectivity index (χ3v) is 3.06. The molecule has 1 aromatic heterocycles. The number of hydrogen-bond acceptors (Lipinski definition) is 6. The van der Waals surface area contributed by atoms with Gasteiger partial charge in [0.25, 0.3) is 0 Å². The summed E-state index contributed by atoms with van der Waals surface area (Å²) in [6, 6.07) is 1.90. The number of carbonyl (C=O) groups is 1. The van der Waals surface area contributed by atoms with Crippen LogP contribution in [0.4, 0.5) is 11.5 Å². The molecule has 0 saturated carbocycles. The zero-order valence-electron chi connectivity index (χ0n) is 12.2. The van der Waals surface area contributed by atoms with Gasteiger partial charge in [0.15, 0.2) is 5.69 Å². The van der Waals surface area contributed by atoms with E-state index in [-0.39, 0.29) is 35.3 Å². The standard InChI is InChI=1S/C13H19N3O5/c1-13(2,3)10(6-7-17)15-11-9(16(20)21)5-4-8(14-11)12(18)19/h4-5,10,17H,6-7H2,1-3H3,(H,14,15)(H,18,19). The molecule has 0 bridgehead atoms. The van der Waals surface area contributed by atoms with E-state index in [2.05, 4.69) is 10.3 Å². The summed E-state index contributed by atoms with van der Waals surface area (Å²) >= 11 is 0. The topological polar surface area (TPSA) is 126 Å². The monoisotopic (exact) mass is 297 g/mol. The lowest BCUT2D eigenvalue weighted by atomic mass is 9.85. The van der Waals surface area contributed by atoms with Gasteiger partial charge in [-0.3, -0.25) is 10.1 Å². The molecule has 0 radical (unpaired) electrons. The average molecular weight is 297 g/mol. The van der Waals surface area contributed by atoms with E-state index >= 15 is 0 Å². The Labute approximate surface area is 122 Å². The fraction of sp³-hybridized carbons (Fsp3) is 0.538. The van der Waals surface area contributed by atoms with E-state index < -0.39 is 10.9 Å². The molecule has 0 fully saturated rings.